The van der Waals surface area contributed by atoms with Gasteiger partial charge in [0.1, 0.15) is 0 Å². The quantitative estimate of drug-likeness (QED) is 0.614. The first kappa shape index (κ1) is 17.3. The lowest BCUT2D eigenvalue weighted by Crippen LogP contribution is -2.46. The molecule has 1 saturated carbocycles. The molecule has 0 bridgehead atoms. The Morgan fingerprint density at radius 2 is 1.96 bits per heavy atom. The van der Waals surface area contributed by atoms with E-state index in [1.165, 1.54) is 0 Å². The molecule has 2 amide bonds. The Labute approximate surface area is 135 Å². The highest BCUT2D eigenvalue weighted by Gasteiger charge is 2.25. The highest BCUT2D eigenvalue weighted by molar-refractivity contribution is 5.74. The summed E-state index contributed by atoms with van der Waals surface area (Å²) in [5.41, 5.74) is 1.06. The number of carbonyl (C=O) groups excluding carboxylic acids is 1. The molecule has 0 radical (unpaired) electrons. The molecule has 0 heterocycles. The SMILES string of the molecule is O=C(O)CCC(Cc1ccccc1)NC(=O)N[C@H]1CC[C@@H](O)C1. The maximum atomic E-state index is 12.1. The van der Waals surface area contributed by atoms with Crippen molar-refractivity contribution in [3.8, 4) is 0 Å². The van der Waals surface area contributed by atoms with Crippen molar-refractivity contribution in [2.45, 2.75) is 56.7 Å². The van der Waals surface area contributed by atoms with Crippen LogP contribution < -0.4 is 10.6 Å². The van der Waals surface area contributed by atoms with E-state index in [9.17, 15) is 14.7 Å². The molecule has 1 fully saturated rings. The van der Waals surface area contributed by atoms with E-state index in [0.29, 0.717) is 25.7 Å². The Bertz CT molecular complexity index is 521. The van der Waals surface area contributed by atoms with E-state index < -0.39 is 5.97 Å². The van der Waals surface area contributed by atoms with Crippen LogP contribution in [0, 0.1) is 0 Å². The monoisotopic (exact) mass is 320 g/mol. The van der Waals surface area contributed by atoms with Crippen LogP contribution in [0.1, 0.15) is 37.7 Å². The molecule has 4 N–H and O–H groups in total. The number of aliphatic hydroxyl groups is 1. The minimum atomic E-state index is -0.871. The molecule has 23 heavy (non-hydrogen) atoms. The molecule has 0 aliphatic heterocycles. The number of benzene rings is 1. The van der Waals surface area contributed by atoms with E-state index in [1.807, 2.05) is 30.3 Å². The topological polar surface area (TPSA) is 98.7 Å². The minimum absolute atomic E-state index is 0.0122. The van der Waals surface area contributed by atoms with Crippen LogP contribution in [0.5, 0.6) is 0 Å². The van der Waals surface area contributed by atoms with Crippen molar-refractivity contribution in [2.75, 3.05) is 0 Å². The van der Waals surface area contributed by atoms with Gasteiger partial charge < -0.3 is 20.8 Å². The lowest BCUT2D eigenvalue weighted by atomic mass is 10.0. The number of urea groups is 1. The summed E-state index contributed by atoms with van der Waals surface area (Å²) >= 11 is 0. The Morgan fingerprint density at radius 3 is 2.57 bits per heavy atom. The average Bonchev–Trinajstić information content (AvgIpc) is 2.90. The number of carboxylic acids is 1. The van der Waals surface area contributed by atoms with Gasteiger partial charge >= 0.3 is 12.0 Å². The third kappa shape index (κ3) is 6.28. The van der Waals surface area contributed by atoms with E-state index in [0.717, 1.165) is 12.0 Å². The van der Waals surface area contributed by atoms with Gasteiger partial charge in [0.25, 0.3) is 0 Å². The number of carbonyl (C=O) groups is 2. The van der Waals surface area contributed by atoms with Crippen molar-refractivity contribution in [1.29, 1.82) is 0 Å². The highest BCUT2D eigenvalue weighted by atomic mass is 16.4. The van der Waals surface area contributed by atoms with Crippen LogP contribution in [0.25, 0.3) is 0 Å². The van der Waals surface area contributed by atoms with E-state index in [-0.39, 0.29) is 30.6 Å². The normalized spacial score (nSPS) is 21.6. The van der Waals surface area contributed by atoms with Crippen LogP contribution in [0.4, 0.5) is 4.79 Å². The van der Waals surface area contributed by atoms with Crippen LogP contribution in [-0.2, 0) is 11.2 Å². The molecule has 126 valence electrons. The number of amides is 2. The molecular formula is C17H24N2O4. The molecule has 1 aliphatic rings. The van der Waals surface area contributed by atoms with Crippen LogP contribution >= 0.6 is 0 Å². The zero-order valence-corrected chi connectivity index (χ0v) is 13.1. The third-order valence-electron chi connectivity index (χ3n) is 4.11. The summed E-state index contributed by atoms with van der Waals surface area (Å²) in [6.07, 6.45) is 2.70. The average molecular weight is 320 g/mol. The van der Waals surface area contributed by atoms with Crippen LogP contribution in [-0.4, -0.2) is 40.4 Å². The van der Waals surface area contributed by atoms with E-state index >= 15 is 0 Å². The molecule has 0 saturated heterocycles. The predicted molar refractivity (Wildman–Crippen MR) is 86.1 cm³/mol. The summed E-state index contributed by atoms with van der Waals surface area (Å²) in [6, 6.07) is 9.13. The molecular weight excluding hydrogens is 296 g/mol. The van der Waals surface area contributed by atoms with Gasteiger partial charge in [0, 0.05) is 18.5 Å². The van der Waals surface area contributed by atoms with Crippen molar-refractivity contribution in [2.24, 2.45) is 0 Å². The van der Waals surface area contributed by atoms with Gasteiger partial charge in [-0.15, -0.1) is 0 Å². The maximum Gasteiger partial charge on any atom is 0.315 e. The minimum Gasteiger partial charge on any atom is -0.481 e. The molecule has 0 spiro atoms. The Balaban J connectivity index is 1.87. The Hall–Kier alpha value is -2.08. The smallest absolute Gasteiger partial charge is 0.315 e. The fourth-order valence-corrected chi connectivity index (χ4v) is 2.92. The van der Waals surface area contributed by atoms with Crippen LogP contribution in [0.3, 0.4) is 0 Å². The molecule has 6 heteroatoms. The number of rotatable bonds is 7. The summed E-state index contributed by atoms with van der Waals surface area (Å²) in [4.78, 5) is 22.9. The van der Waals surface area contributed by atoms with E-state index in [2.05, 4.69) is 10.6 Å². The second-order valence-corrected chi connectivity index (χ2v) is 6.10. The van der Waals surface area contributed by atoms with E-state index in [1.54, 1.807) is 0 Å². The summed E-state index contributed by atoms with van der Waals surface area (Å²) < 4.78 is 0. The fourth-order valence-electron chi connectivity index (χ4n) is 2.92. The molecule has 6 nitrogen and oxygen atoms in total. The van der Waals surface area contributed by atoms with Gasteiger partial charge in [0.05, 0.1) is 6.10 Å². The molecule has 0 aromatic heterocycles. The molecule has 1 aliphatic carbocycles. The molecule has 2 rings (SSSR count). The summed E-state index contributed by atoms with van der Waals surface area (Å²) in [6.45, 7) is 0. The summed E-state index contributed by atoms with van der Waals surface area (Å²) in [7, 11) is 0. The summed E-state index contributed by atoms with van der Waals surface area (Å²) in [5.74, 6) is -0.871. The van der Waals surface area contributed by atoms with E-state index in [4.69, 9.17) is 5.11 Å². The first-order chi connectivity index (χ1) is 11.0. The lowest BCUT2D eigenvalue weighted by Gasteiger charge is -2.20. The van der Waals surface area contributed by atoms with Gasteiger partial charge in [-0.1, -0.05) is 30.3 Å². The van der Waals surface area contributed by atoms with Gasteiger partial charge in [-0.3, -0.25) is 4.79 Å². The predicted octanol–water partition coefficient (Wildman–Crippen LogP) is 1.68. The first-order valence-corrected chi connectivity index (χ1v) is 8.03. The van der Waals surface area contributed by atoms with Gasteiger partial charge in [-0.05, 0) is 37.7 Å². The summed E-state index contributed by atoms with van der Waals surface area (Å²) in [5, 5.41) is 24.1. The van der Waals surface area contributed by atoms with Crippen molar-refractivity contribution in [3.63, 3.8) is 0 Å². The number of hydrogen-bond donors (Lipinski definition) is 4. The zero-order valence-electron chi connectivity index (χ0n) is 13.1. The Morgan fingerprint density at radius 1 is 1.22 bits per heavy atom. The molecule has 3 atom stereocenters. The van der Waals surface area contributed by atoms with Crippen LogP contribution in [0.2, 0.25) is 0 Å². The van der Waals surface area contributed by atoms with Crippen molar-refractivity contribution in [3.05, 3.63) is 35.9 Å². The van der Waals surface area contributed by atoms with Gasteiger partial charge in [0.2, 0.25) is 0 Å². The van der Waals surface area contributed by atoms with Gasteiger partial charge in [-0.25, -0.2) is 4.79 Å². The Kier molecular flexibility index (Phi) is 6.40. The zero-order chi connectivity index (χ0) is 16.7. The van der Waals surface area contributed by atoms with Crippen molar-refractivity contribution >= 4 is 12.0 Å². The highest BCUT2D eigenvalue weighted by Crippen LogP contribution is 2.18. The second-order valence-electron chi connectivity index (χ2n) is 6.10. The second kappa shape index (κ2) is 8.53. The first-order valence-electron chi connectivity index (χ1n) is 8.03. The number of hydrogen-bond acceptors (Lipinski definition) is 3. The molecule has 1 aromatic rings. The fraction of sp³-hybridized carbons (Fsp3) is 0.529. The lowest BCUT2D eigenvalue weighted by molar-refractivity contribution is -0.137. The molecule has 1 aromatic carbocycles. The van der Waals surface area contributed by atoms with Gasteiger partial charge in [-0.2, -0.15) is 0 Å². The van der Waals surface area contributed by atoms with Gasteiger partial charge in [0.15, 0.2) is 0 Å². The maximum absolute atomic E-state index is 12.1. The standard InChI is InChI=1S/C17H24N2O4/c20-15-8-6-14(11-15)19-17(23)18-13(7-9-16(21)22)10-12-4-2-1-3-5-12/h1-5,13-15,20H,6-11H2,(H,21,22)(H2,18,19,23)/t13?,14-,15+/m0/s1. The third-order valence-corrected chi connectivity index (χ3v) is 4.11. The van der Waals surface area contributed by atoms with Crippen LogP contribution in [0.15, 0.2) is 30.3 Å². The molecule has 1 unspecified atom stereocenters. The number of aliphatic hydroxyl groups excluding tert-OH is 1. The van der Waals surface area contributed by atoms with Crippen molar-refractivity contribution in [1.82, 2.24) is 10.6 Å². The number of carboxylic acid groups (broad SMARTS) is 1. The van der Waals surface area contributed by atoms with Crippen molar-refractivity contribution < 1.29 is 19.8 Å². The number of aliphatic carboxylic acids is 1. The number of nitrogens with one attached hydrogen (secondary N) is 2. The largest absolute Gasteiger partial charge is 0.481 e.